The van der Waals surface area contributed by atoms with Crippen LogP contribution in [0.2, 0.25) is 0 Å². The molecule has 2 heterocycles. The van der Waals surface area contributed by atoms with Gasteiger partial charge in [0.05, 0.1) is 32.5 Å². The van der Waals surface area contributed by atoms with Gasteiger partial charge in [-0.3, -0.25) is 4.31 Å². The maximum atomic E-state index is 13.7. The number of pyridine rings is 1. The number of hydrogen-bond donors (Lipinski definition) is 0. The van der Waals surface area contributed by atoms with Gasteiger partial charge in [0.1, 0.15) is 21.2 Å². The summed E-state index contributed by atoms with van der Waals surface area (Å²) in [6.45, 7) is 5.14. The number of ether oxygens (including phenoxy) is 3. The van der Waals surface area contributed by atoms with Gasteiger partial charge in [0.25, 0.3) is 10.0 Å². The standard InChI is InChI=1S/C22H25N3O6S2/c1-22(2,3)31-21(26)19-20(32-14-24-19)25(13-15-6-8-16(29-4)9-7-15)33(27,28)17-10-11-18(30-5)23-12-17/h6-12,14H,13H2,1-5H3. The van der Waals surface area contributed by atoms with Crippen LogP contribution in [0.25, 0.3) is 0 Å². The molecule has 0 bridgehead atoms. The third-order valence-corrected chi connectivity index (χ3v) is 7.05. The molecule has 3 rings (SSSR count). The lowest BCUT2D eigenvalue weighted by Gasteiger charge is -2.25. The molecule has 0 spiro atoms. The molecule has 0 amide bonds. The van der Waals surface area contributed by atoms with Crippen molar-refractivity contribution in [1.29, 1.82) is 0 Å². The van der Waals surface area contributed by atoms with E-state index in [1.807, 2.05) is 0 Å². The van der Waals surface area contributed by atoms with Crippen LogP contribution in [0.15, 0.2) is 53.0 Å². The molecule has 0 aliphatic carbocycles. The number of thiazole rings is 1. The van der Waals surface area contributed by atoms with Crippen LogP contribution in [0.1, 0.15) is 36.8 Å². The molecule has 0 aliphatic heterocycles. The number of nitrogens with zero attached hydrogens (tertiary/aromatic N) is 3. The lowest BCUT2D eigenvalue weighted by Crippen LogP contribution is -2.32. The Labute approximate surface area is 197 Å². The first kappa shape index (κ1) is 24.5. The van der Waals surface area contributed by atoms with Crippen LogP contribution in [-0.4, -0.2) is 44.2 Å². The lowest BCUT2D eigenvalue weighted by molar-refractivity contribution is 0.00646. The third kappa shape index (κ3) is 5.79. The van der Waals surface area contributed by atoms with Crippen molar-refractivity contribution in [2.24, 2.45) is 0 Å². The van der Waals surface area contributed by atoms with Gasteiger partial charge in [-0.2, -0.15) is 0 Å². The van der Waals surface area contributed by atoms with E-state index in [0.29, 0.717) is 11.3 Å². The fraction of sp³-hybridized carbons (Fsp3) is 0.318. The highest BCUT2D eigenvalue weighted by Gasteiger charge is 2.33. The predicted molar refractivity (Wildman–Crippen MR) is 124 cm³/mol. The van der Waals surface area contributed by atoms with Crippen LogP contribution < -0.4 is 13.8 Å². The Kier molecular flexibility index (Phi) is 7.23. The van der Waals surface area contributed by atoms with Crippen molar-refractivity contribution in [3.05, 3.63) is 59.4 Å². The Bertz CT molecular complexity index is 1200. The van der Waals surface area contributed by atoms with Gasteiger partial charge in [-0.1, -0.05) is 12.1 Å². The minimum Gasteiger partial charge on any atom is -0.497 e. The molecule has 1 aromatic carbocycles. The van der Waals surface area contributed by atoms with E-state index in [9.17, 15) is 13.2 Å². The topological polar surface area (TPSA) is 108 Å². The average Bonchev–Trinajstić information content (AvgIpc) is 3.26. The minimum absolute atomic E-state index is 0.0453. The molecule has 0 saturated carbocycles. The number of anilines is 1. The molecule has 0 aliphatic rings. The molecule has 0 atom stereocenters. The van der Waals surface area contributed by atoms with Crippen molar-refractivity contribution in [3.8, 4) is 11.6 Å². The molecule has 2 aromatic heterocycles. The normalized spacial score (nSPS) is 11.7. The summed E-state index contributed by atoms with van der Waals surface area (Å²) in [4.78, 5) is 20.9. The first-order chi connectivity index (χ1) is 15.5. The molecular weight excluding hydrogens is 466 g/mol. The fourth-order valence-corrected chi connectivity index (χ4v) is 5.23. The van der Waals surface area contributed by atoms with E-state index in [2.05, 4.69) is 9.97 Å². The molecular formula is C22H25N3O6S2. The second kappa shape index (κ2) is 9.75. The van der Waals surface area contributed by atoms with Gasteiger partial charge < -0.3 is 14.2 Å². The Hall–Kier alpha value is -3.18. The number of esters is 1. The number of hydrogen-bond acceptors (Lipinski definition) is 9. The summed E-state index contributed by atoms with van der Waals surface area (Å²) in [6, 6.07) is 9.83. The quantitative estimate of drug-likeness (QED) is 0.437. The van der Waals surface area contributed by atoms with E-state index < -0.39 is 21.6 Å². The zero-order chi connectivity index (χ0) is 24.2. The highest BCUT2D eigenvalue weighted by Crippen LogP contribution is 2.33. The van der Waals surface area contributed by atoms with E-state index >= 15 is 0 Å². The molecule has 3 aromatic rings. The Morgan fingerprint density at radius 2 is 1.73 bits per heavy atom. The van der Waals surface area contributed by atoms with Crippen molar-refractivity contribution in [2.75, 3.05) is 18.5 Å². The number of benzene rings is 1. The Morgan fingerprint density at radius 1 is 1.03 bits per heavy atom. The number of carbonyl (C=O) groups is 1. The molecule has 176 valence electrons. The number of aromatic nitrogens is 2. The SMILES string of the molecule is COc1ccc(CN(c2scnc2C(=O)OC(C)(C)C)S(=O)(=O)c2ccc(OC)nc2)cc1. The maximum absolute atomic E-state index is 13.7. The number of rotatable bonds is 8. The summed E-state index contributed by atoms with van der Waals surface area (Å²) in [5.74, 6) is 0.212. The third-order valence-electron chi connectivity index (χ3n) is 4.36. The number of methoxy groups -OCH3 is 2. The first-order valence-electron chi connectivity index (χ1n) is 9.87. The van der Waals surface area contributed by atoms with Gasteiger partial charge in [-0.15, -0.1) is 11.3 Å². The number of carbonyl (C=O) groups excluding carboxylic acids is 1. The number of sulfonamides is 1. The first-order valence-corrected chi connectivity index (χ1v) is 12.2. The average molecular weight is 492 g/mol. The van der Waals surface area contributed by atoms with Crippen LogP contribution in [0, 0.1) is 0 Å². The van der Waals surface area contributed by atoms with Crippen molar-refractivity contribution < 1.29 is 27.4 Å². The molecule has 33 heavy (non-hydrogen) atoms. The lowest BCUT2D eigenvalue weighted by atomic mass is 10.2. The van der Waals surface area contributed by atoms with Gasteiger partial charge in [0.15, 0.2) is 5.69 Å². The smallest absolute Gasteiger partial charge is 0.360 e. The second-order valence-corrected chi connectivity index (χ2v) is 10.6. The summed E-state index contributed by atoms with van der Waals surface area (Å²) in [6.07, 6.45) is 1.21. The highest BCUT2D eigenvalue weighted by atomic mass is 32.2. The Morgan fingerprint density at radius 3 is 2.27 bits per heavy atom. The molecule has 0 unspecified atom stereocenters. The van der Waals surface area contributed by atoms with E-state index in [1.54, 1.807) is 52.1 Å². The zero-order valence-corrected chi connectivity index (χ0v) is 20.6. The largest absolute Gasteiger partial charge is 0.497 e. The van der Waals surface area contributed by atoms with Crippen LogP contribution >= 0.6 is 11.3 Å². The van der Waals surface area contributed by atoms with Crippen molar-refractivity contribution in [2.45, 2.75) is 37.8 Å². The van der Waals surface area contributed by atoms with Crippen LogP contribution in [0.3, 0.4) is 0 Å². The van der Waals surface area contributed by atoms with Crippen LogP contribution in [0.5, 0.6) is 11.6 Å². The van der Waals surface area contributed by atoms with Gasteiger partial charge in [-0.25, -0.2) is 23.2 Å². The fourth-order valence-electron chi connectivity index (χ4n) is 2.81. The van der Waals surface area contributed by atoms with Crippen LogP contribution in [-0.2, 0) is 21.3 Å². The van der Waals surface area contributed by atoms with Crippen LogP contribution in [0.4, 0.5) is 5.00 Å². The van der Waals surface area contributed by atoms with Gasteiger partial charge in [0.2, 0.25) is 5.88 Å². The summed E-state index contributed by atoms with van der Waals surface area (Å²) >= 11 is 1.03. The molecule has 11 heteroatoms. The predicted octanol–water partition coefficient (Wildman–Crippen LogP) is 3.91. The van der Waals surface area contributed by atoms with Gasteiger partial charge >= 0.3 is 5.97 Å². The van der Waals surface area contributed by atoms with E-state index in [4.69, 9.17) is 14.2 Å². The summed E-state index contributed by atoms with van der Waals surface area (Å²) in [5.41, 5.74) is 1.26. The summed E-state index contributed by atoms with van der Waals surface area (Å²) in [7, 11) is -1.13. The molecule has 0 saturated heterocycles. The molecule has 0 N–H and O–H groups in total. The summed E-state index contributed by atoms with van der Waals surface area (Å²) in [5, 5.41) is 0.149. The van der Waals surface area contributed by atoms with Crippen molar-refractivity contribution in [3.63, 3.8) is 0 Å². The van der Waals surface area contributed by atoms with Gasteiger partial charge in [-0.05, 0) is 44.5 Å². The van der Waals surface area contributed by atoms with Gasteiger partial charge in [0, 0.05) is 6.07 Å². The van der Waals surface area contributed by atoms with Crippen molar-refractivity contribution in [1.82, 2.24) is 9.97 Å². The molecule has 0 fully saturated rings. The molecule has 0 radical (unpaired) electrons. The van der Waals surface area contributed by atoms with E-state index in [-0.39, 0.29) is 28.0 Å². The van der Waals surface area contributed by atoms with E-state index in [0.717, 1.165) is 15.6 Å². The summed E-state index contributed by atoms with van der Waals surface area (Å²) < 4.78 is 44.1. The zero-order valence-electron chi connectivity index (χ0n) is 18.9. The van der Waals surface area contributed by atoms with Crippen molar-refractivity contribution >= 4 is 32.3 Å². The van der Waals surface area contributed by atoms with E-state index in [1.165, 1.54) is 30.9 Å². The second-order valence-electron chi connectivity index (χ2n) is 7.90. The maximum Gasteiger partial charge on any atom is 0.360 e. The highest BCUT2D eigenvalue weighted by molar-refractivity contribution is 7.93. The monoisotopic (exact) mass is 491 g/mol. The Balaban J connectivity index is 2.07. The molecule has 9 nitrogen and oxygen atoms in total. The minimum atomic E-state index is -4.12.